The fraction of sp³-hybridized carbons (Fsp3) is 0.393. The molecule has 0 unspecified atom stereocenters. The molecule has 2 aromatic carbocycles. The maximum Gasteiger partial charge on any atom is 0.277 e. The molecule has 1 aliphatic heterocycles. The molecule has 1 saturated carbocycles. The molecule has 0 radical (unpaired) electrons. The van der Waals surface area contributed by atoms with E-state index in [1.165, 1.54) is 23.1 Å². The average molecular weight is 537 g/mol. The number of anilines is 3. The van der Waals surface area contributed by atoms with Crippen LogP contribution in [-0.4, -0.2) is 62.1 Å². The number of carbonyl (C=O) groups excluding carboxylic acids is 2. The molecule has 0 bridgehead atoms. The zero-order valence-corrected chi connectivity index (χ0v) is 22.9. The van der Waals surface area contributed by atoms with Crippen molar-refractivity contribution in [3.63, 3.8) is 0 Å². The number of hydrogen-bond acceptors (Lipinski definition) is 7. The third kappa shape index (κ3) is 5.63. The van der Waals surface area contributed by atoms with Crippen molar-refractivity contribution >= 4 is 40.5 Å². The predicted octanol–water partition coefficient (Wildman–Crippen LogP) is 4.61. The van der Waals surface area contributed by atoms with Gasteiger partial charge < -0.3 is 19.5 Å². The van der Waals surface area contributed by atoms with Gasteiger partial charge >= 0.3 is 0 Å². The lowest BCUT2D eigenvalue weighted by Crippen LogP contribution is -2.47. The molecule has 2 heterocycles. The normalized spacial score (nSPS) is 15.6. The first-order valence-corrected chi connectivity index (χ1v) is 13.2. The van der Waals surface area contributed by atoms with Gasteiger partial charge in [0.25, 0.3) is 11.8 Å². The summed E-state index contributed by atoms with van der Waals surface area (Å²) in [4.78, 5) is 34.9. The predicted molar refractivity (Wildman–Crippen MR) is 149 cm³/mol. The number of rotatable bonds is 7. The molecule has 2 N–H and O–H groups in total. The van der Waals surface area contributed by atoms with Crippen molar-refractivity contribution in [2.45, 2.75) is 32.6 Å². The number of aryl methyl sites for hydroxylation is 2. The van der Waals surface area contributed by atoms with E-state index in [4.69, 9.17) is 16.0 Å². The minimum Gasteiger partial charge on any atom is -0.448 e. The van der Waals surface area contributed by atoms with Crippen LogP contribution in [0.4, 0.5) is 17.1 Å². The number of hydrazine groups is 1. The number of aromatic nitrogens is 1. The summed E-state index contributed by atoms with van der Waals surface area (Å²) in [5, 5.41) is 4.82. The highest BCUT2D eigenvalue weighted by Crippen LogP contribution is 2.39. The van der Waals surface area contributed by atoms with Crippen LogP contribution in [0.15, 0.2) is 41.0 Å². The molecule has 2 aliphatic rings. The van der Waals surface area contributed by atoms with E-state index >= 15 is 0 Å². The van der Waals surface area contributed by atoms with Crippen LogP contribution in [0.2, 0.25) is 5.02 Å². The largest absolute Gasteiger partial charge is 0.448 e. The molecule has 2 amide bonds. The maximum absolute atomic E-state index is 13.2. The summed E-state index contributed by atoms with van der Waals surface area (Å²) in [6.07, 6.45) is 3.45. The fourth-order valence-electron chi connectivity index (χ4n) is 4.71. The fourth-order valence-corrected chi connectivity index (χ4v) is 4.95. The Hall–Kier alpha value is -3.56. The molecule has 0 spiro atoms. The van der Waals surface area contributed by atoms with E-state index in [-0.39, 0.29) is 17.2 Å². The van der Waals surface area contributed by atoms with Gasteiger partial charge in [0.05, 0.1) is 22.0 Å². The molecular weight excluding hydrogens is 504 g/mol. The van der Waals surface area contributed by atoms with Gasteiger partial charge in [-0.25, -0.2) is 9.99 Å². The van der Waals surface area contributed by atoms with E-state index in [1.54, 1.807) is 31.2 Å². The summed E-state index contributed by atoms with van der Waals surface area (Å²) in [5.41, 5.74) is 8.18. The Kier molecular flexibility index (Phi) is 7.32. The smallest absolute Gasteiger partial charge is 0.277 e. The average Bonchev–Trinajstić information content (AvgIpc) is 3.62. The first kappa shape index (κ1) is 26.1. The Morgan fingerprint density at radius 3 is 2.34 bits per heavy atom. The van der Waals surface area contributed by atoms with Crippen molar-refractivity contribution in [3.8, 4) is 0 Å². The molecule has 9 nitrogen and oxygen atoms in total. The SMILES string of the molecule is Cc1ccc(C)c(N2CCN(c3cc(Cl)c(C(=O)NN(C)C)cc3NC(=O)c3coc(C4CC4)n3)CC2)c1. The Bertz CT molecular complexity index is 1360. The standard InChI is InChI=1S/C28H33ClN6O3/c1-17-5-6-18(2)24(13-17)34-9-11-35(12-10-34)25-15-21(29)20(26(36)32-33(3)4)14-22(25)30-27(37)23-16-38-28(31-23)19-7-8-19/h5-6,13-16,19H,7-12H2,1-4H3,(H,30,37)(H,32,36). The van der Waals surface area contributed by atoms with Crippen LogP contribution >= 0.6 is 11.6 Å². The Balaban J connectivity index is 1.41. The number of carbonyl (C=O) groups is 2. The Morgan fingerprint density at radius 1 is 1.00 bits per heavy atom. The van der Waals surface area contributed by atoms with Gasteiger partial charge in [-0.05, 0) is 56.0 Å². The van der Waals surface area contributed by atoms with Crippen molar-refractivity contribution in [2.75, 3.05) is 55.4 Å². The minimum absolute atomic E-state index is 0.215. The second-order valence-corrected chi connectivity index (χ2v) is 10.7. The molecule has 3 aromatic rings. The monoisotopic (exact) mass is 536 g/mol. The molecule has 1 aliphatic carbocycles. The molecule has 5 rings (SSSR count). The van der Waals surface area contributed by atoms with Crippen molar-refractivity contribution in [1.29, 1.82) is 0 Å². The van der Waals surface area contributed by atoms with E-state index in [0.29, 0.717) is 22.5 Å². The molecule has 38 heavy (non-hydrogen) atoms. The third-order valence-corrected chi connectivity index (χ3v) is 7.22. The van der Waals surface area contributed by atoms with Crippen LogP contribution < -0.4 is 20.5 Å². The van der Waals surface area contributed by atoms with E-state index in [2.05, 4.69) is 57.6 Å². The van der Waals surface area contributed by atoms with Crippen LogP contribution in [-0.2, 0) is 0 Å². The number of nitrogens with zero attached hydrogens (tertiary/aromatic N) is 4. The van der Waals surface area contributed by atoms with Crippen molar-refractivity contribution in [3.05, 3.63) is 69.9 Å². The molecular formula is C28H33ClN6O3. The summed E-state index contributed by atoms with van der Waals surface area (Å²) >= 11 is 6.60. The van der Waals surface area contributed by atoms with E-state index in [0.717, 1.165) is 44.7 Å². The van der Waals surface area contributed by atoms with Crippen LogP contribution in [0.5, 0.6) is 0 Å². The first-order valence-electron chi connectivity index (χ1n) is 12.9. The second kappa shape index (κ2) is 10.7. The van der Waals surface area contributed by atoms with Gasteiger partial charge in [-0.2, -0.15) is 0 Å². The van der Waals surface area contributed by atoms with Gasteiger partial charge in [-0.15, -0.1) is 0 Å². The van der Waals surface area contributed by atoms with E-state index in [1.807, 2.05) is 0 Å². The number of benzene rings is 2. The van der Waals surface area contributed by atoms with Crippen LogP contribution in [0.3, 0.4) is 0 Å². The van der Waals surface area contributed by atoms with Crippen LogP contribution in [0.25, 0.3) is 0 Å². The van der Waals surface area contributed by atoms with Crippen molar-refractivity contribution in [2.24, 2.45) is 0 Å². The summed E-state index contributed by atoms with van der Waals surface area (Å²) in [6.45, 7) is 7.31. The summed E-state index contributed by atoms with van der Waals surface area (Å²) < 4.78 is 5.51. The molecule has 200 valence electrons. The molecule has 0 atom stereocenters. The van der Waals surface area contributed by atoms with Gasteiger partial charge in [0.2, 0.25) is 0 Å². The Labute approximate surface area is 227 Å². The molecule has 10 heteroatoms. The number of hydrogen-bond donors (Lipinski definition) is 2. The number of oxazole rings is 1. The molecule has 2 fully saturated rings. The van der Waals surface area contributed by atoms with Gasteiger partial charge in [0.15, 0.2) is 11.6 Å². The number of nitrogens with one attached hydrogen (secondary N) is 2. The van der Waals surface area contributed by atoms with Gasteiger partial charge in [-0.3, -0.25) is 15.0 Å². The highest BCUT2D eigenvalue weighted by molar-refractivity contribution is 6.34. The molecule has 1 saturated heterocycles. The number of halogens is 1. The zero-order valence-electron chi connectivity index (χ0n) is 22.2. The third-order valence-electron chi connectivity index (χ3n) is 6.91. The second-order valence-electron chi connectivity index (χ2n) is 10.2. The van der Waals surface area contributed by atoms with Crippen LogP contribution in [0, 0.1) is 13.8 Å². The summed E-state index contributed by atoms with van der Waals surface area (Å²) in [7, 11) is 3.45. The minimum atomic E-state index is -0.391. The van der Waals surface area contributed by atoms with Crippen molar-refractivity contribution in [1.82, 2.24) is 15.4 Å². The number of piperazine rings is 1. The van der Waals surface area contributed by atoms with E-state index in [9.17, 15) is 9.59 Å². The van der Waals surface area contributed by atoms with Crippen molar-refractivity contribution < 1.29 is 14.0 Å². The van der Waals surface area contributed by atoms with E-state index < -0.39 is 5.91 Å². The first-order chi connectivity index (χ1) is 18.2. The highest BCUT2D eigenvalue weighted by atomic mass is 35.5. The maximum atomic E-state index is 13.2. The summed E-state index contributed by atoms with van der Waals surface area (Å²) in [5.74, 6) is 0.147. The highest BCUT2D eigenvalue weighted by Gasteiger charge is 2.30. The molecule has 1 aromatic heterocycles. The quantitative estimate of drug-likeness (QED) is 0.426. The Morgan fingerprint density at radius 2 is 1.68 bits per heavy atom. The van der Waals surface area contributed by atoms with Gasteiger partial charge in [0, 0.05) is 51.9 Å². The lowest BCUT2D eigenvalue weighted by Gasteiger charge is -2.39. The lowest BCUT2D eigenvalue weighted by atomic mass is 10.1. The number of amides is 2. The summed E-state index contributed by atoms with van der Waals surface area (Å²) in [6, 6.07) is 9.89. The van der Waals surface area contributed by atoms with Gasteiger partial charge in [-0.1, -0.05) is 23.7 Å². The lowest BCUT2D eigenvalue weighted by molar-refractivity contribution is 0.0856. The topological polar surface area (TPSA) is 94.0 Å². The zero-order chi connectivity index (χ0) is 27.0. The van der Waals surface area contributed by atoms with Gasteiger partial charge in [0.1, 0.15) is 6.26 Å². The van der Waals surface area contributed by atoms with Crippen LogP contribution in [0.1, 0.15) is 56.6 Å².